The number of carbonyl (C=O) groups is 4. The Morgan fingerprint density at radius 1 is 0.885 bits per heavy atom. The molecule has 0 spiro atoms. The number of aromatic hydroxyl groups is 1. The average molecular weight is 354 g/mol. The molecule has 0 radical (unpaired) electrons. The number of carbonyl (C=O) groups excluding carboxylic acids is 4. The van der Waals surface area contributed by atoms with Crippen molar-refractivity contribution in [2.75, 3.05) is 10.6 Å². The molecule has 0 aromatic heterocycles. The molecule has 26 heavy (non-hydrogen) atoms. The molecule has 0 saturated carbocycles. The molecule has 0 saturated heterocycles. The van der Waals surface area contributed by atoms with Gasteiger partial charge in [0, 0.05) is 17.3 Å². The molecule has 0 fully saturated rings. The summed E-state index contributed by atoms with van der Waals surface area (Å²) in [5.74, 6) is -1.95. The van der Waals surface area contributed by atoms with Crippen LogP contribution >= 0.6 is 0 Å². The molecule has 134 valence electrons. The van der Waals surface area contributed by atoms with Gasteiger partial charge in [-0.2, -0.15) is 0 Å². The standard InChI is InChI=1S/C19H18N2O5/c1-12(22)9-18(25)20-14-7-8-15(17(24)10-14)21-19(26)11-16(23)13-5-3-2-4-6-13/h2-8,10,24H,9,11H2,1H3,(H,20,25)(H,21,26). The summed E-state index contributed by atoms with van der Waals surface area (Å²) >= 11 is 0. The van der Waals surface area contributed by atoms with Crippen molar-refractivity contribution in [2.45, 2.75) is 19.8 Å². The molecule has 0 unspecified atom stereocenters. The van der Waals surface area contributed by atoms with E-state index in [-0.39, 0.29) is 41.5 Å². The van der Waals surface area contributed by atoms with E-state index in [1.807, 2.05) is 0 Å². The van der Waals surface area contributed by atoms with Crippen molar-refractivity contribution in [3.05, 3.63) is 54.1 Å². The summed E-state index contributed by atoms with van der Waals surface area (Å²) in [5.41, 5.74) is 0.822. The van der Waals surface area contributed by atoms with Gasteiger partial charge in [-0.1, -0.05) is 30.3 Å². The largest absolute Gasteiger partial charge is 0.506 e. The Morgan fingerprint density at radius 3 is 2.15 bits per heavy atom. The maximum atomic E-state index is 12.0. The smallest absolute Gasteiger partial charge is 0.232 e. The van der Waals surface area contributed by atoms with E-state index in [4.69, 9.17) is 0 Å². The quantitative estimate of drug-likeness (QED) is 0.402. The zero-order chi connectivity index (χ0) is 19.1. The van der Waals surface area contributed by atoms with Crippen LogP contribution in [0.5, 0.6) is 5.75 Å². The number of hydrogen-bond acceptors (Lipinski definition) is 5. The van der Waals surface area contributed by atoms with Crippen molar-refractivity contribution in [3.63, 3.8) is 0 Å². The van der Waals surface area contributed by atoms with Crippen LogP contribution in [0.4, 0.5) is 11.4 Å². The highest BCUT2D eigenvalue weighted by atomic mass is 16.3. The molecule has 0 aliphatic heterocycles. The molecular formula is C19H18N2O5. The van der Waals surface area contributed by atoms with Crippen molar-refractivity contribution in [2.24, 2.45) is 0 Å². The molecule has 0 aliphatic carbocycles. The van der Waals surface area contributed by atoms with E-state index in [9.17, 15) is 24.3 Å². The molecule has 0 atom stereocenters. The van der Waals surface area contributed by atoms with E-state index in [0.717, 1.165) is 0 Å². The molecular weight excluding hydrogens is 336 g/mol. The van der Waals surface area contributed by atoms with Crippen molar-refractivity contribution >= 4 is 34.8 Å². The predicted molar refractivity (Wildman–Crippen MR) is 96.1 cm³/mol. The Bertz CT molecular complexity index is 846. The number of phenolic OH excluding ortho intramolecular Hbond substituents is 1. The summed E-state index contributed by atoms with van der Waals surface area (Å²) in [5, 5.41) is 14.9. The lowest BCUT2D eigenvalue weighted by Gasteiger charge is -2.10. The topological polar surface area (TPSA) is 113 Å². The molecule has 2 aromatic rings. The van der Waals surface area contributed by atoms with Gasteiger partial charge in [-0.25, -0.2) is 0 Å². The van der Waals surface area contributed by atoms with E-state index in [2.05, 4.69) is 10.6 Å². The van der Waals surface area contributed by atoms with E-state index in [0.29, 0.717) is 5.56 Å². The highest BCUT2D eigenvalue weighted by Gasteiger charge is 2.14. The van der Waals surface area contributed by atoms with Gasteiger partial charge >= 0.3 is 0 Å². The minimum atomic E-state index is -0.567. The molecule has 7 heteroatoms. The Hall–Kier alpha value is -3.48. The van der Waals surface area contributed by atoms with E-state index in [1.54, 1.807) is 30.3 Å². The first kappa shape index (κ1) is 18.9. The number of benzene rings is 2. The Kier molecular flexibility index (Phi) is 6.21. The Morgan fingerprint density at radius 2 is 1.54 bits per heavy atom. The van der Waals surface area contributed by atoms with Crippen LogP contribution in [0, 0.1) is 0 Å². The number of phenols is 1. The summed E-state index contributed by atoms with van der Waals surface area (Å²) in [6.07, 6.45) is -0.624. The Balaban J connectivity index is 1.97. The van der Waals surface area contributed by atoms with Gasteiger partial charge in [0.1, 0.15) is 11.5 Å². The number of rotatable bonds is 7. The highest BCUT2D eigenvalue weighted by Crippen LogP contribution is 2.27. The first-order valence-electron chi connectivity index (χ1n) is 7.85. The summed E-state index contributed by atoms with van der Waals surface area (Å²) in [7, 11) is 0. The van der Waals surface area contributed by atoms with Gasteiger partial charge in [-0.15, -0.1) is 0 Å². The van der Waals surface area contributed by atoms with Crippen molar-refractivity contribution < 1.29 is 24.3 Å². The van der Waals surface area contributed by atoms with Gasteiger partial charge in [0.15, 0.2) is 5.78 Å². The van der Waals surface area contributed by atoms with E-state index >= 15 is 0 Å². The lowest BCUT2D eigenvalue weighted by molar-refractivity contribution is -0.124. The number of hydrogen-bond donors (Lipinski definition) is 3. The molecule has 2 rings (SSSR count). The SMILES string of the molecule is CC(=O)CC(=O)Nc1ccc(NC(=O)CC(=O)c2ccccc2)c(O)c1. The van der Waals surface area contributed by atoms with Gasteiger partial charge in [-0.05, 0) is 19.1 Å². The molecule has 2 amide bonds. The third kappa shape index (κ3) is 5.55. The van der Waals surface area contributed by atoms with Crippen LogP contribution in [0.25, 0.3) is 0 Å². The van der Waals surface area contributed by atoms with Crippen molar-refractivity contribution in [1.29, 1.82) is 0 Å². The second-order valence-corrected chi connectivity index (χ2v) is 5.67. The number of ketones is 2. The van der Waals surface area contributed by atoms with Crippen LogP contribution in [-0.2, 0) is 14.4 Å². The van der Waals surface area contributed by atoms with Gasteiger partial charge in [0.05, 0.1) is 18.5 Å². The molecule has 3 N–H and O–H groups in total. The fraction of sp³-hybridized carbons (Fsp3) is 0.158. The van der Waals surface area contributed by atoms with Gasteiger partial charge in [-0.3, -0.25) is 19.2 Å². The third-order valence-corrected chi connectivity index (χ3v) is 3.38. The van der Waals surface area contributed by atoms with Crippen LogP contribution < -0.4 is 10.6 Å². The molecule has 7 nitrogen and oxygen atoms in total. The Labute approximate surface area is 150 Å². The number of anilines is 2. The minimum absolute atomic E-state index is 0.112. The fourth-order valence-corrected chi connectivity index (χ4v) is 2.21. The lowest BCUT2D eigenvalue weighted by Crippen LogP contribution is -2.17. The first-order chi connectivity index (χ1) is 12.3. The third-order valence-electron chi connectivity index (χ3n) is 3.38. The first-order valence-corrected chi connectivity index (χ1v) is 7.85. The summed E-state index contributed by atoms with van der Waals surface area (Å²) in [6.45, 7) is 1.30. The van der Waals surface area contributed by atoms with Crippen LogP contribution in [0.15, 0.2) is 48.5 Å². The molecule has 0 heterocycles. The zero-order valence-electron chi connectivity index (χ0n) is 14.1. The van der Waals surface area contributed by atoms with Crippen LogP contribution in [0.2, 0.25) is 0 Å². The van der Waals surface area contributed by atoms with Gasteiger partial charge in [0.25, 0.3) is 0 Å². The second kappa shape index (κ2) is 8.57. The monoisotopic (exact) mass is 354 g/mol. The van der Waals surface area contributed by atoms with Crippen molar-refractivity contribution in [3.8, 4) is 5.75 Å². The van der Waals surface area contributed by atoms with E-state index in [1.165, 1.54) is 25.1 Å². The highest BCUT2D eigenvalue weighted by molar-refractivity contribution is 6.11. The average Bonchev–Trinajstić information content (AvgIpc) is 2.57. The number of amides is 2. The summed E-state index contributed by atoms with van der Waals surface area (Å²) in [6, 6.07) is 12.5. The predicted octanol–water partition coefficient (Wildman–Crippen LogP) is 2.52. The van der Waals surface area contributed by atoms with E-state index < -0.39 is 11.8 Å². The molecule has 2 aromatic carbocycles. The van der Waals surface area contributed by atoms with Crippen LogP contribution in [0.3, 0.4) is 0 Å². The normalized spacial score (nSPS) is 10.0. The number of Topliss-reactive ketones (excluding diaryl/α,β-unsaturated/α-hetero) is 2. The minimum Gasteiger partial charge on any atom is -0.506 e. The molecule has 0 aliphatic rings. The van der Waals surface area contributed by atoms with Crippen LogP contribution in [-0.4, -0.2) is 28.5 Å². The van der Waals surface area contributed by atoms with Crippen LogP contribution in [0.1, 0.15) is 30.1 Å². The van der Waals surface area contributed by atoms with Gasteiger partial charge < -0.3 is 15.7 Å². The number of nitrogens with one attached hydrogen (secondary N) is 2. The molecule has 0 bridgehead atoms. The second-order valence-electron chi connectivity index (χ2n) is 5.67. The summed E-state index contributed by atoms with van der Waals surface area (Å²) in [4.78, 5) is 46.4. The van der Waals surface area contributed by atoms with Crippen molar-refractivity contribution in [1.82, 2.24) is 0 Å². The zero-order valence-corrected chi connectivity index (χ0v) is 14.1. The lowest BCUT2D eigenvalue weighted by atomic mass is 10.1. The fourth-order valence-electron chi connectivity index (χ4n) is 2.21. The summed E-state index contributed by atoms with van der Waals surface area (Å²) < 4.78 is 0. The maximum absolute atomic E-state index is 12.0. The maximum Gasteiger partial charge on any atom is 0.232 e. The van der Waals surface area contributed by atoms with Gasteiger partial charge in [0.2, 0.25) is 11.8 Å².